The van der Waals surface area contributed by atoms with E-state index in [-0.39, 0.29) is 24.2 Å². The van der Waals surface area contributed by atoms with Gasteiger partial charge in [0.05, 0.1) is 13.7 Å². The van der Waals surface area contributed by atoms with Gasteiger partial charge in [-0.15, -0.1) is 0 Å². The third-order valence-electron chi connectivity index (χ3n) is 7.04. The van der Waals surface area contributed by atoms with Crippen LogP contribution in [-0.2, 0) is 16.1 Å². The highest BCUT2D eigenvalue weighted by atomic mass is 16.5. The fourth-order valence-electron chi connectivity index (χ4n) is 5.14. The van der Waals surface area contributed by atoms with Crippen LogP contribution in [0.5, 0.6) is 0 Å². The highest BCUT2D eigenvalue weighted by Crippen LogP contribution is 2.31. The molecule has 166 valence electrons. The van der Waals surface area contributed by atoms with Gasteiger partial charge >= 0.3 is 5.97 Å². The van der Waals surface area contributed by atoms with Gasteiger partial charge in [0.1, 0.15) is 5.69 Å². The number of hydrogen-bond acceptors (Lipinski definition) is 4. The smallest absolute Gasteiger partial charge is 0.354 e. The first-order valence-electron chi connectivity index (χ1n) is 11.5. The largest absolute Gasteiger partial charge is 0.464 e. The maximum Gasteiger partial charge on any atom is 0.354 e. The lowest BCUT2D eigenvalue weighted by atomic mass is 9.83. The normalized spacial score (nSPS) is 17.5. The van der Waals surface area contributed by atoms with Crippen molar-refractivity contribution in [3.63, 3.8) is 0 Å². The second kappa shape index (κ2) is 9.80. The Balaban J connectivity index is 1.85. The number of ketones is 1. The van der Waals surface area contributed by atoms with Crippen LogP contribution in [-0.4, -0.2) is 47.3 Å². The van der Waals surface area contributed by atoms with Crippen LogP contribution in [0.25, 0.3) is 0 Å². The molecule has 6 heteroatoms. The highest BCUT2D eigenvalue weighted by molar-refractivity contribution is 6.04. The van der Waals surface area contributed by atoms with Crippen LogP contribution in [0.1, 0.15) is 90.4 Å². The summed E-state index contributed by atoms with van der Waals surface area (Å²) in [4.78, 5) is 40.7. The van der Waals surface area contributed by atoms with Gasteiger partial charge in [0.15, 0.2) is 5.78 Å². The highest BCUT2D eigenvalue weighted by Gasteiger charge is 2.33. The summed E-state index contributed by atoms with van der Waals surface area (Å²) in [5, 5.41) is 0. The van der Waals surface area contributed by atoms with Crippen LogP contribution in [0.3, 0.4) is 0 Å². The molecule has 1 aromatic rings. The molecular formula is C24H36N2O4. The second-order valence-electron chi connectivity index (χ2n) is 8.94. The van der Waals surface area contributed by atoms with Crippen molar-refractivity contribution >= 4 is 17.7 Å². The Morgan fingerprint density at radius 1 is 1.03 bits per heavy atom. The number of Topliss-reactive ketones (excluding diaryl/α,β-unsaturated/α-hetero) is 1. The Kier molecular flexibility index (Phi) is 7.37. The summed E-state index contributed by atoms with van der Waals surface area (Å²) < 4.78 is 6.79. The maximum absolute atomic E-state index is 13.4. The van der Waals surface area contributed by atoms with Crippen molar-refractivity contribution in [1.29, 1.82) is 0 Å². The van der Waals surface area contributed by atoms with Crippen LogP contribution in [0.15, 0.2) is 0 Å². The number of carbonyl (C=O) groups excluding carboxylic acids is 3. The Hall–Kier alpha value is -2.11. The predicted octanol–water partition coefficient (Wildman–Crippen LogP) is 4.30. The molecule has 0 saturated heterocycles. The molecule has 2 fully saturated rings. The standard InChI is InChI=1S/C24H36N2O4/c1-5-26-17(3)21(16(2)22(26)24(29)30-4)20(27)15-25(23(28)19-12-9-13-19)14-18-10-7-6-8-11-18/h18-19H,5-15H2,1-4H3. The zero-order valence-corrected chi connectivity index (χ0v) is 19.0. The van der Waals surface area contributed by atoms with Crippen LogP contribution >= 0.6 is 0 Å². The Labute approximate surface area is 179 Å². The van der Waals surface area contributed by atoms with Crippen molar-refractivity contribution in [3.8, 4) is 0 Å². The van der Waals surface area contributed by atoms with Crippen molar-refractivity contribution in [3.05, 3.63) is 22.5 Å². The van der Waals surface area contributed by atoms with E-state index in [4.69, 9.17) is 4.74 Å². The summed E-state index contributed by atoms with van der Waals surface area (Å²) in [7, 11) is 1.36. The first kappa shape index (κ1) is 22.6. The zero-order valence-electron chi connectivity index (χ0n) is 19.0. The van der Waals surface area contributed by atoms with Gasteiger partial charge in [0.25, 0.3) is 0 Å². The van der Waals surface area contributed by atoms with Gasteiger partial charge in [-0.3, -0.25) is 9.59 Å². The van der Waals surface area contributed by atoms with Crippen molar-refractivity contribution in [2.24, 2.45) is 11.8 Å². The van der Waals surface area contributed by atoms with E-state index in [2.05, 4.69) is 0 Å². The predicted molar refractivity (Wildman–Crippen MR) is 116 cm³/mol. The molecule has 0 atom stereocenters. The molecule has 0 unspecified atom stereocenters. The van der Waals surface area contributed by atoms with Gasteiger partial charge in [-0.25, -0.2) is 4.79 Å². The summed E-state index contributed by atoms with van der Waals surface area (Å²) in [6.45, 7) is 6.98. The Morgan fingerprint density at radius 2 is 1.70 bits per heavy atom. The molecule has 2 saturated carbocycles. The molecule has 3 rings (SSSR count). The van der Waals surface area contributed by atoms with E-state index >= 15 is 0 Å². The minimum Gasteiger partial charge on any atom is -0.464 e. The molecule has 2 aliphatic carbocycles. The van der Waals surface area contributed by atoms with Gasteiger partial charge in [-0.05, 0) is 57.9 Å². The van der Waals surface area contributed by atoms with E-state index in [9.17, 15) is 14.4 Å². The van der Waals surface area contributed by atoms with Gasteiger partial charge in [-0.2, -0.15) is 0 Å². The number of methoxy groups -OCH3 is 1. The summed E-state index contributed by atoms with van der Waals surface area (Å²) in [6.07, 6.45) is 8.94. The number of nitrogens with zero attached hydrogens (tertiary/aromatic N) is 2. The van der Waals surface area contributed by atoms with Gasteiger partial charge in [0.2, 0.25) is 5.91 Å². The molecule has 0 aromatic carbocycles. The number of ether oxygens (including phenoxy) is 1. The topological polar surface area (TPSA) is 68.6 Å². The van der Waals surface area contributed by atoms with Crippen molar-refractivity contribution in [2.45, 2.75) is 78.7 Å². The van der Waals surface area contributed by atoms with E-state index in [0.717, 1.165) is 37.8 Å². The molecular weight excluding hydrogens is 380 g/mol. The third kappa shape index (κ3) is 4.47. The number of aromatic nitrogens is 1. The first-order valence-corrected chi connectivity index (χ1v) is 11.5. The average molecular weight is 417 g/mol. The van der Waals surface area contributed by atoms with Crippen LogP contribution in [0.2, 0.25) is 0 Å². The van der Waals surface area contributed by atoms with Crippen LogP contribution < -0.4 is 0 Å². The number of amides is 1. The number of rotatable bonds is 8. The minimum absolute atomic E-state index is 0.0779. The van der Waals surface area contributed by atoms with E-state index < -0.39 is 5.97 Å². The van der Waals surface area contributed by atoms with E-state index in [1.54, 1.807) is 6.92 Å². The lowest BCUT2D eigenvalue weighted by molar-refractivity contribution is -0.138. The third-order valence-corrected chi connectivity index (χ3v) is 7.04. The Morgan fingerprint density at radius 3 is 2.23 bits per heavy atom. The summed E-state index contributed by atoms with van der Waals surface area (Å²) in [5.41, 5.74) is 2.42. The van der Waals surface area contributed by atoms with Gasteiger partial charge in [0, 0.05) is 30.3 Å². The Bertz CT molecular complexity index is 801. The molecule has 0 N–H and O–H groups in total. The fourth-order valence-corrected chi connectivity index (χ4v) is 5.14. The number of hydrogen-bond donors (Lipinski definition) is 0. The maximum atomic E-state index is 13.4. The molecule has 0 radical (unpaired) electrons. The van der Waals surface area contributed by atoms with E-state index in [1.165, 1.54) is 26.4 Å². The van der Waals surface area contributed by atoms with Crippen LogP contribution in [0.4, 0.5) is 0 Å². The summed E-state index contributed by atoms with van der Waals surface area (Å²) in [6, 6.07) is 0. The average Bonchev–Trinajstić information content (AvgIpc) is 2.95. The second-order valence-corrected chi connectivity index (χ2v) is 8.94. The SMILES string of the molecule is CCn1c(C)c(C(=O)CN(CC2CCCCC2)C(=O)C2CCC2)c(C)c1C(=O)OC. The van der Waals surface area contributed by atoms with E-state index in [1.807, 2.05) is 23.3 Å². The minimum atomic E-state index is -0.430. The zero-order chi connectivity index (χ0) is 21.8. The lowest BCUT2D eigenvalue weighted by Gasteiger charge is -2.34. The quantitative estimate of drug-likeness (QED) is 0.468. The molecule has 1 amide bonds. The van der Waals surface area contributed by atoms with E-state index in [0.29, 0.717) is 35.8 Å². The molecule has 0 bridgehead atoms. The molecule has 1 heterocycles. The first-order chi connectivity index (χ1) is 14.4. The molecule has 2 aliphatic rings. The molecule has 30 heavy (non-hydrogen) atoms. The summed E-state index contributed by atoms with van der Waals surface area (Å²) >= 11 is 0. The van der Waals surface area contributed by atoms with Crippen molar-refractivity contribution in [1.82, 2.24) is 9.47 Å². The number of carbonyl (C=O) groups is 3. The van der Waals surface area contributed by atoms with Crippen molar-refractivity contribution < 1.29 is 19.1 Å². The fraction of sp³-hybridized carbons (Fsp3) is 0.708. The molecule has 0 spiro atoms. The monoisotopic (exact) mass is 416 g/mol. The molecule has 1 aromatic heterocycles. The van der Waals surface area contributed by atoms with Crippen molar-refractivity contribution in [2.75, 3.05) is 20.2 Å². The van der Waals surface area contributed by atoms with Gasteiger partial charge < -0.3 is 14.2 Å². The molecule has 0 aliphatic heterocycles. The van der Waals surface area contributed by atoms with Crippen LogP contribution in [0, 0.1) is 25.7 Å². The van der Waals surface area contributed by atoms with Gasteiger partial charge in [-0.1, -0.05) is 25.7 Å². The number of esters is 1. The molecule has 6 nitrogen and oxygen atoms in total. The summed E-state index contributed by atoms with van der Waals surface area (Å²) in [5.74, 6) is 0.198. The lowest BCUT2D eigenvalue weighted by Crippen LogP contribution is -2.44.